The van der Waals surface area contributed by atoms with Crippen LogP contribution in [-0.2, 0) is 0 Å². The molecule has 0 amide bonds. The Balaban J connectivity index is 2.16. The molecule has 0 nitrogen and oxygen atoms in total. The lowest BCUT2D eigenvalue weighted by Crippen LogP contribution is -1.94. The molecule has 0 aliphatic heterocycles. The Morgan fingerprint density at radius 3 is 2.55 bits per heavy atom. The van der Waals surface area contributed by atoms with Gasteiger partial charge in [0.1, 0.15) is 0 Å². The third-order valence-electron chi connectivity index (χ3n) is 3.35. The zero-order valence-electron chi connectivity index (χ0n) is 10.7. The van der Waals surface area contributed by atoms with Gasteiger partial charge in [0.2, 0.25) is 0 Å². The molecule has 0 saturated carbocycles. The number of benzene rings is 2. The summed E-state index contributed by atoms with van der Waals surface area (Å²) >= 11 is 13.0. The molecule has 0 spiro atoms. The van der Waals surface area contributed by atoms with Crippen LogP contribution in [0.5, 0.6) is 0 Å². The molecule has 0 aliphatic rings. The van der Waals surface area contributed by atoms with Crippen LogP contribution < -0.4 is 0 Å². The van der Waals surface area contributed by atoms with E-state index in [0.717, 1.165) is 4.47 Å². The predicted molar refractivity (Wildman–Crippen MR) is 99.2 cm³/mol. The summed E-state index contributed by atoms with van der Waals surface area (Å²) in [7, 11) is 0. The minimum Gasteiger partial charge on any atom is -0.142 e. The van der Waals surface area contributed by atoms with Crippen molar-refractivity contribution in [3.05, 3.63) is 67.4 Å². The molecule has 0 bridgehead atoms. The molecule has 102 valence electrons. The topological polar surface area (TPSA) is 0 Å². The van der Waals surface area contributed by atoms with E-state index < -0.39 is 0 Å². The van der Waals surface area contributed by atoms with E-state index in [1.165, 1.54) is 31.2 Å². The highest BCUT2D eigenvalue weighted by atomic mass is 79.9. The monoisotopic (exact) mass is 472 g/mol. The molecule has 4 heteroatoms. The molecule has 1 unspecified atom stereocenters. The maximum absolute atomic E-state index is 3.87. The standard InChI is InChI=1S/C16H11Br3S/c1-9-4-2-6-11(14(9)18)15(19)12-8-20-16-10(12)5-3-7-13(16)17/h2-8,15H,1H3. The molecule has 2 aromatic carbocycles. The van der Waals surface area contributed by atoms with E-state index in [9.17, 15) is 0 Å². The van der Waals surface area contributed by atoms with Gasteiger partial charge in [0.25, 0.3) is 0 Å². The van der Waals surface area contributed by atoms with Gasteiger partial charge in [-0.05, 0) is 56.4 Å². The van der Waals surface area contributed by atoms with Crippen molar-refractivity contribution in [1.82, 2.24) is 0 Å². The first-order chi connectivity index (χ1) is 9.59. The van der Waals surface area contributed by atoms with E-state index >= 15 is 0 Å². The van der Waals surface area contributed by atoms with E-state index in [1.807, 2.05) is 0 Å². The fourth-order valence-corrected chi connectivity index (χ4v) is 5.66. The SMILES string of the molecule is Cc1cccc(C(Br)c2csc3c(Br)cccc23)c1Br. The molecular formula is C16H11Br3S. The average Bonchev–Trinajstić information content (AvgIpc) is 2.86. The summed E-state index contributed by atoms with van der Waals surface area (Å²) in [5, 5.41) is 3.54. The summed E-state index contributed by atoms with van der Waals surface area (Å²) in [6.07, 6.45) is 0. The molecule has 3 aromatic rings. The van der Waals surface area contributed by atoms with Gasteiger partial charge in [0, 0.05) is 13.6 Å². The summed E-state index contributed by atoms with van der Waals surface area (Å²) in [6, 6.07) is 12.8. The van der Waals surface area contributed by atoms with Gasteiger partial charge in [-0.3, -0.25) is 0 Å². The summed E-state index contributed by atoms with van der Waals surface area (Å²) in [4.78, 5) is 0.194. The Labute approximate surface area is 147 Å². The van der Waals surface area contributed by atoms with Gasteiger partial charge in [-0.25, -0.2) is 0 Å². The number of hydrogen-bond donors (Lipinski definition) is 0. The van der Waals surface area contributed by atoms with Crippen molar-refractivity contribution in [1.29, 1.82) is 0 Å². The lowest BCUT2D eigenvalue weighted by Gasteiger charge is -2.13. The average molecular weight is 475 g/mol. The lowest BCUT2D eigenvalue weighted by molar-refractivity contribution is 1.17. The second-order valence-electron chi connectivity index (χ2n) is 4.65. The Morgan fingerprint density at radius 2 is 1.75 bits per heavy atom. The van der Waals surface area contributed by atoms with E-state index in [1.54, 1.807) is 11.3 Å². The lowest BCUT2D eigenvalue weighted by atomic mass is 10.0. The molecule has 1 aromatic heterocycles. The summed E-state index contributed by atoms with van der Waals surface area (Å²) < 4.78 is 3.64. The highest BCUT2D eigenvalue weighted by molar-refractivity contribution is 9.11. The quantitative estimate of drug-likeness (QED) is 0.344. The van der Waals surface area contributed by atoms with Crippen LogP contribution in [-0.4, -0.2) is 0 Å². The van der Waals surface area contributed by atoms with Crippen molar-refractivity contribution < 1.29 is 0 Å². The van der Waals surface area contributed by atoms with E-state index in [0.29, 0.717) is 0 Å². The first-order valence-electron chi connectivity index (χ1n) is 6.14. The summed E-state index contributed by atoms with van der Waals surface area (Å²) in [5.41, 5.74) is 3.84. The number of halogens is 3. The molecule has 0 aliphatic carbocycles. The highest BCUT2D eigenvalue weighted by Crippen LogP contribution is 2.43. The van der Waals surface area contributed by atoms with E-state index in [2.05, 4.69) is 96.5 Å². The summed E-state index contributed by atoms with van der Waals surface area (Å²) in [6.45, 7) is 2.12. The molecule has 1 heterocycles. The van der Waals surface area contributed by atoms with Crippen LogP contribution in [0.3, 0.4) is 0 Å². The number of thiophene rings is 1. The molecule has 1 atom stereocenters. The predicted octanol–water partition coefficient (Wildman–Crippen LogP) is 7.22. The molecule has 3 rings (SSSR count). The van der Waals surface area contributed by atoms with Crippen LogP contribution in [0.1, 0.15) is 21.5 Å². The van der Waals surface area contributed by atoms with Gasteiger partial charge >= 0.3 is 0 Å². The van der Waals surface area contributed by atoms with Crippen LogP contribution >= 0.6 is 59.1 Å². The third-order valence-corrected chi connectivity index (χ3v) is 7.39. The van der Waals surface area contributed by atoms with E-state index in [-0.39, 0.29) is 4.83 Å². The Morgan fingerprint density at radius 1 is 1.00 bits per heavy atom. The van der Waals surface area contributed by atoms with Gasteiger partial charge in [0.05, 0.1) is 4.83 Å². The number of fused-ring (bicyclic) bond motifs is 1. The highest BCUT2D eigenvalue weighted by Gasteiger charge is 2.18. The number of aryl methyl sites for hydroxylation is 1. The Bertz CT molecular complexity index is 776. The van der Waals surface area contributed by atoms with Crippen molar-refractivity contribution in [3.63, 3.8) is 0 Å². The van der Waals surface area contributed by atoms with Crippen molar-refractivity contribution in [2.75, 3.05) is 0 Å². The number of hydrogen-bond acceptors (Lipinski definition) is 1. The zero-order chi connectivity index (χ0) is 14.3. The molecule has 0 radical (unpaired) electrons. The second kappa shape index (κ2) is 5.91. The Kier molecular flexibility index (Phi) is 4.37. The van der Waals surface area contributed by atoms with Gasteiger partial charge in [-0.2, -0.15) is 0 Å². The fourth-order valence-electron chi connectivity index (χ4n) is 2.27. The third kappa shape index (κ3) is 2.52. The van der Waals surface area contributed by atoms with Crippen molar-refractivity contribution in [3.8, 4) is 0 Å². The minimum atomic E-state index is 0.194. The van der Waals surface area contributed by atoms with Gasteiger partial charge in [-0.1, -0.05) is 62.2 Å². The fraction of sp³-hybridized carbons (Fsp3) is 0.125. The molecule has 0 fully saturated rings. The molecule has 0 saturated heterocycles. The molecule has 0 N–H and O–H groups in total. The van der Waals surface area contributed by atoms with Crippen molar-refractivity contribution in [2.45, 2.75) is 11.8 Å². The number of rotatable bonds is 2. The van der Waals surface area contributed by atoms with Gasteiger partial charge < -0.3 is 0 Å². The van der Waals surface area contributed by atoms with Crippen LogP contribution in [0.25, 0.3) is 10.1 Å². The van der Waals surface area contributed by atoms with Crippen molar-refractivity contribution >= 4 is 69.2 Å². The largest absolute Gasteiger partial charge is 0.142 e. The molecular weight excluding hydrogens is 464 g/mol. The normalized spacial score (nSPS) is 12.8. The van der Waals surface area contributed by atoms with Crippen LogP contribution in [0.15, 0.2) is 50.7 Å². The maximum Gasteiger partial charge on any atom is 0.0669 e. The van der Waals surface area contributed by atoms with Gasteiger partial charge in [0.15, 0.2) is 0 Å². The van der Waals surface area contributed by atoms with Crippen molar-refractivity contribution in [2.24, 2.45) is 0 Å². The Hall–Kier alpha value is -0.160. The number of alkyl halides is 1. The summed E-state index contributed by atoms with van der Waals surface area (Å²) in [5.74, 6) is 0. The van der Waals surface area contributed by atoms with Gasteiger partial charge in [-0.15, -0.1) is 11.3 Å². The second-order valence-corrected chi connectivity index (χ2v) is 8.09. The zero-order valence-corrected chi connectivity index (χ0v) is 16.2. The first-order valence-corrected chi connectivity index (χ1v) is 9.52. The van der Waals surface area contributed by atoms with Crippen LogP contribution in [0, 0.1) is 6.92 Å². The van der Waals surface area contributed by atoms with Crippen LogP contribution in [0.2, 0.25) is 0 Å². The van der Waals surface area contributed by atoms with E-state index in [4.69, 9.17) is 0 Å². The first kappa shape index (κ1) is 14.8. The van der Waals surface area contributed by atoms with Crippen LogP contribution in [0.4, 0.5) is 0 Å². The minimum absolute atomic E-state index is 0.194. The maximum atomic E-state index is 3.87. The molecule has 20 heavy (non-hydrogen) atoms. The smallest absolute Gasteiger partial charge is 0.0669 e.